The number of aryl methyl sites for hydroxylation is 1. The van der Waals surface area contributed by atoms with Crippen LogP contribution in [0.3, 0.4) is 0 Å². The van der Waals surface area contributed by atoms with Crippen LogP contribution in [0.15, 0.2) is 36.7 Å². The second kappa shape index (κ2) is 6.73. The topological polar surface area (TPSA) is 67.2 Å². The Balaban J connectivity index is 1.62. The summed E-state index contributed by atoms with van der Waals surface area (Å²) in [6.07, 6.45) is 5.66. The molecule has 1 saturated carbocycles. The number of nitrogens with one attached hydrogen (secondary N) is 1. The van der Waals surface area contributed by atoms with Gasteiger partial charge >= 0.3 is 0 Å². The van der Waals surface area contributed by atoms with Crippen molar-refractivity contribution < 1.29 is 14.3 Å². The van der Waals surface area contributed by atoms with E-state index in [4.69, 9.17) is 0 Å². The lowest BCUT2D eigenvalue weighted by atomic mass is 9.77. The molecule has 1 aliphatic carbocycles. The molecular weight excluding hydrogens is 309 g/mol. The number of nitrogens with zero attached hydrogens (tertiary/aromatic N) is 2. The van der Waals surface area contributed by atoms with Gasteiger partial charge in [0.1, 0.15) is 5.82 Å². The van der Waals surface area contributed by atoms with Crippen molar-refractivity contribution in [1.82, 2.24) is 14.9 Å². The Kier molecular flexibility index (Phi) is 4.66. The van der Waals surface area contributed by atoms with Crippen molar-refractivity contribution in [3.8, 4) is 0 Å². The van der Waals surface area contributed by atoms with E-state index in [1.165, 1.54) is 12.1 Å². The molecule has 5 nitrogen and oxygen atoms in total. The maximum atomic E-state index is 13.4. The fourth-order valence-electron chi connectivity index (χ4n) is 3.33. The Morgan fingerprint density at radius 2 is 2.21 bits per heavy atom. The van der Waals surface area contributed by atoms with Gasteiger partial charge in [-0.1, -0.05) is 12.1 Å². The highest BCUT2D eigenvalue weighted by molar-refractivity contribution is 5.91. The van der Waals surface area contributed by atoms with Gasteiger partial charge in [0, 0.05) is 25.0 Å². The zero-order chi connectivity index (χ0) is 17.2. The van der Waals surface area contributed by atoms with Gasteiger partial charge < -0.3 is 15.0 Å². The molecule has 1 aromatic heterocycles. The van der Waals surface area contributed by atoms with Crippen LogP contribution in [-0.2, 0) is 12.1 Å². The molecule has 128 valence electrons. The first-order valence-corrected chi connectivity index (χ1v) is 8.32. The minimum Gasteiger partial charge on any atom is -0.385 e. The predicted molar refractivity (Wildman–Crippen MR) is 87.9 cm³/mol. The number of aliphatic hydroxyl groups is 1. The van der Waals surface area contributed by atoms with Crippen LogP contribution >= 0.6 is 0 Å². The van der Waals surface area contributed by atoms with Gasteiger partial charge in [0.05, 0.1) is 5.60 Å². The molecule has 0 spiro atoms. The maximum absolute atomic E-state index is 13.4. The number of halogens is 1. The quantitative estimate of drug-likeness (QED) is 0.905. The standard InChI is InChI=1S/C18H22FN3O2/c1-2-22-11-10-20-16(22)17(23)21-15-6-8-18(24,9-7-15)13-4-3-5-14(19)12-13/h3-5,10-12,15,24H,2,6-9H2,1H3,(H,21,23). The van der Waals surface area contributed by atoms with Crippen molar-refractivity contribution in [2.24, 2.45) is 0 Å². The van der Waals surface area contributed by atoms with Crippen molar-refractivity contribution in [1.29, 1.82) is 0 Å². The number of aromatic nitrogens is 2. The summed E-state index contributed by atoms with van der Waals surface area (Å²) in [6.45, 7) is 2.64. The van der Waals surface area contributed by atoms with E-state index in [-0.39, 0.29) is 17.8 Å². The summed E-state index contributed by atoms with van der Waals surface area (Å²) in [6, 6.07) is 6.11. The Morgan fingerprint density at radius 3 is 2.88 bits per heavy atom. The lowest BCUT2D eigenvalue weighted by Gasteiger charge is -2.36. The van der Waals surface area contributed by atoms with Gasteiger partial charge in [-0.2, -0.15) is 0 Å². The van der Waals surface area contributed by atoms with E-state index in [9.17, 15) is 14.3 Å². The fourth-order valence-corrected chi connectivity index (χ4v) is 3.33. The highest BCUT2D eigenvalue weighted by Crippen LogP contribution is 2.37. The van der Waals surface area contributed by atoms with Gasteiger partial charge in [-0.3, -0.25) is 4.79 Å². The summed E-state index contributed by atoms with van der Waals surface area (Å²) in [5, 5.41) is 13.8. The first-order valence-electron chi connectivity index (χ1n) is 8.32. The number of imidazole rings is 1. The summed E-state index contributed by atoms with van der Waals surface area (Å²) < 4.78 is 15.2. The average Bonchev–Trinajstić information content (AvgIpc) is 3.06. The monoisotopic (exact) mass is 331 g/mol. The Hall–Kier alpha value is -2.21. The lowest BCUT2D eigenvalue weighted by molar-refractivity contribution is -0.00832. The van der Waals surface area contributed by atoms with Gasteiger partial charge in [0.2, 0.25) is 0 Å². The first kappa shape index (κ1) is 16.6. The van der Waals surface area contributed by atoms with Crippen LogP contribution in [0.4, 0.5) is 4.39 Å². The van der Waals surface area contributed by atoms with E-state index in [0.29, 0.717) is 43.6 Å². The van der Waals surface area contributed by atoms with Crippen molar-refractivity contribution in [3.05, 3.63) is 53.9 Å². The van der Waals surface area contributed by atoms with Gasteiger partial charge in [-0.15, -0.1) is 0 Å². The third-order valence-corrected chi connectivity index (χ3v) is 4.77. The van der Waals surface area contributed by atoms with Crippen molar-refractivity contribution in [3.63, 3.8) is 0 Å². The third kappa shape index (κ3) is 3.33. The number of hydrogen-bond donors (Lipinski definition) is 2. The van der Waals surface area contributed by atoms with Gasteiger partial charge in [0.15, 0.2) is 5.82 Å². The van der Waals surface area contributed by atoms with Crippen molar-refractivity contribution >= 4 is 5.91 Å². The smallest absolute Gasteiger partial charge is 0.287 e. The number of benzene rings is 1. The SMILES string of the molecule is CCn1ccnc1C(=O)NC1CCC(O)(c2cccc(F)c2)CC1. The zero-order valence-corrected chi connectivity index (χ0v) is 13.7. The van der Waals surface area contributed by atoms with E-state index in [0.717, 1.165) is 0 Å². The first-order chi connectivity index (χ1) is 11.5. The van der Waals surface area contributed by atoms with Crippen molar-refractivity contribution in [2.45, 2.75) is 50.8 Å². The van der Waals surface area contributed by atoms with Crippen LogP contribution in [0, 0.1) is 5.82 Å². The van der Waals surface area contributed by atoms with Crippen LogP contribution in [-0.4, -0.2) is 26.6 Å². The largest absolute Gasteiger partial charge is 0.385 e. The summed E-state index contributed by atoms with van der Waals surface area (Å²) >= 11 is 0. The summed E-state index contributed by atoms with van der Waals surface area (Å²) in [5.41, 5.74) is -0.417. The minimum absolute atomic E-state index is 0.00617. The van der Waals surface area contributed by atoms with E-state index in [1.54, 1.807) is 29.1 Å². The number of carbonyl (C=O) groups is 1. The predicted octanol–water partition coefficient (Wildman–Crippen LogP) is 2.60. The molecule has 0 bridgehead atoms. The molecule has 1 aromatic carbocycles. The van der Waals surface area contributed by atoms with E-state index >= 15 is 0 Å². The molecule has 1 aliphatic rings. The molecule has 3 rings (SSSR count). The molecule has 2 N–H and O–H groups in total. The highest BCUT2D eigenvalue weighted by atomic mass is 19.1. The van der Waals surface area contributed by atoms with Crippen LogP contribution in [0.5, 0.6) is 0 Å². The number of rotatable bonds is 4. The molecule has 24 heavy (non-hydrogen) atoms. The number of amides is 1. The third-order valence-electron chi connectivity index (χ3n) is 4.77. The van der Waals surface area contributed by atoms with Gasteiger partial charge in [-0.05, 0) is 50.3 Å². The molecule has 2 aromatic rings. The van der Waals surface area contributed by atoms with Crippen LogP contribution in [0.25, 0.3) is 0 Å². The molecule has 0 aliphatic heterocycles. The summed E-state index contributed by atoms with van der Waals surface area (Å²) in [7, 11) is 0. The van der Waals surface area contributed by atoms with E-state index in [1.807, 2.05) is 6.92 Å². The lowest BCUT2D eigenvalue weighted by Crippen LogP contribution is -2.42. The molecule has 0 unspecified atom stereocenters. The Morgan fingerprint density at radius 1 is 1.46 bits per heavy atom. The highest BCUT2D eigenvalue weighted by Gasteiger charge is 2.35. The molecule has 0 saturated heterocycles. The zero-order valence-electron chi connectivity index (χ0n) is 13.7. The molecule has 0 atom stereocenters. The van der Waals surface area contributed by atoms with Crippen LogP contribution in [0.2, 0.25) is 0 Å². The van der Waals surface area contributed by atoms with Gasteiger partial charge in [0.25, 0.3) is 5.91 Å². The number of hydrogen-bond acceptors (Lipinski definition) is 3. The second-order valence-corrected chi connectivity index (χ2v) is 6.33. The van der Waals surface area contributed by atoms with Crippen molar-refractivity contribution in [2.75, 3.05) is 0 Å². The van der Waals surface area contributed by atoms with E-state index < -0.39 is 5.60 Å². The Labute approximate surface area is 140 Å². The van der Waals surface area contributed by atoms with Crippen LogP contribution in [0.1, 0.15) is 48.8 Å². The van der Waals surface area contributed by atoms with E-state index in [2.05, 4.69) is 10.3 Å². The average molecular weight is 331 g/mol. The Bertz CT molecular complexity index is 721. The van der Waals surface area contributed by atoms with Crippen LogP contribution < -0.4 is 5.32 Å². The molecule has 6 heteroatoms. The second-order valence-electron chi connectivity index (χ2n) is 6.33. The normalized spacial score (nSPS) is 23.9. The summed E-state index contributed by atoms with van der Waals surface area (Å²) in [4.78, 5) is 16.4. The summed E-state index contributed by atoms with van der Waals surface area (Å²) in [5.74, 6) is -0.130. The molecule has 1 fully saturated rings. The maximum Gasteiger partial charge on any atom is 0.287 e. The number of carbonyl (C=O) groups excluding carboxylic acids is 1. The molecule has 1 amide bonds. The molecule has 0 radical (unpaired) electrons. The minimum atomic E-state index is -1.02. The molecular formula is C18H22FN3O2. The van der Waals surface area contributed by atoms with Gasteiger partial charge in [-0.25, -0.2) is 9.37 Å². The fraction of sp³-hybridized carbons (Fsp3) is 0.444. The molecule has 1 heterocycles.